The number of nitrogens with zero attached hydrogens (tertiary/aromatic N) is 2. The third-order valence-electron chi connectivity index (χ3n) is 3.76. The maximum absolute atomic E-state index is 12.0. The molecule has 2 amide bonds. The van der Waals surface area contributed by atoms with Gasteiger partial charge in [0.25, 0.3) is 0 Å². The van der Waals surface area contributed by atoms with Crippen LogP contribution in [0.4, 0.5) is 10.5 Å². The largest absolute Gasteiger partial charge is 0.491 e. The molecule has 2 heterocycles. The first kappa shape index (κ1) is 16.3. The molecule has 1 aromatic carbocycles. The van der Waals surface area contributed by atoms with E-state index in [1.54, 1.807) is 16.9 Å². The zero-order chi connectivity index (χ0) is 16.8. The third-order valence-corrected chi connectivity index (χ3v) is 3.76. The molecule has 1 unspecified atom stereocenters. The average molecular weight is 330 g/mol. The highest BCUT2D eigenvalue weighted by Gasteiger charge is 2.16. The van der Waals surface area contributed by atoms with Crippen molar-refractivity contribution in [1.29, 1.82) is 0 Å². The molecule has 7 heteroatoms. The first-order chi connectivity index (χ1) is 11.7. The lowest BCUT2D eigenvalue weighted by atomic mass is 10.2. The Balaban J connectivity index is 1.47. The number of ether oxygens (including phenoxy) is 2. The van der Waals surface area contributed by atoms with E-state index in [1.165, 1.54) is 0 Å². The van der Waals surface area contributed by atoms with Crippen LogP contribution in [0.3, 0.4) is 0 Å². The number of hydrogen-bond acceptors (Lipinski definition) is 4. The van der Waals surface area contributed by atoms with Crippen LogP contribution < -0.4 is 15.4 Å². The summed E-state index contributed by atoms with van der Waals surface area (Å²) in [5, 5.41) is 9.65. The van der Waals surface area contributed by atoms with Crippen molar-refractivity contribution in [2.24, 2.45) is 7.05 Å². The molecule has 24 heavy (non-hydrogen) atoms. The van der Waals surface area contributed by atoms with Gasteiger partial charge in [0.2, 0.25) is 0 Å². The van der Waals surface area contributed by atoms with Gasteiger partial charge in [0, 0.05) is 43.7 Å². The number of anilines is 1. The van der Waals surface area contributed by atoms with Crippen LogP contribution in [0.5, 0.6) is 5.75 Å². The second-order valence-electron chi connectivity index (χ2n) is 5.80. The van der Waals surface area contributed by atoms with Crippen LogP contribution in [0.1, 0.15) is 18.4 Å². The minimum Gasteiger partial charge on any atom is -0.491 e. The van der Waals surface area contributed by atoms with E-state index >= 15 is 0 Å². The Bertz CT molecular complexity index is 680. The number of urea groups is 1. The van der Waals surface area contributed by atoms with Crippen molar-refractivity contribution < 1.29 is 14.3 Å². The van der Waals surface area contributed by atoms with E-state index in [4.69, 9.17) is 9.47 Å². The summed E-state index contributed by atoms with van der Waals surface area (Å²) in [5.41, 5.74) is 1.63. The van der Waals surface area contributed by atoms with Gasteiger partial charge in [0.15, 0.2) is 0 Å². The fourth-order valence-electron chi connectivity index (χ4n) is 2.55. The number of rotatable bonds is 6. The zero-order valence-electron chi connectivity index (χ0n) is 13.7. The van der Waals surface area contributed by atoms with Gasteiger partial charge in [-0.15, -0.1) is 0 Å². The quantitative estimate of drug-likeness (QED) is 0.852. The number of benzene rings is 1. The Morgan fingerprint density at radius 3 is 3.17 bits per heavy atom. The van der Waals surface area contributed by atoms with Crippen molar-refractivity contribution in [2.45, 2.75) is 25.5 Å². The first-order valence-electron chi connectivity index (χ1n) is 8.06. The summed E-state index contributed by atoms with van der Waals surface area (Å²) < 4.78 is 13.0. The molecule has 1 atom stereocenters. The summed E-state index contributed by atoms with van der Waals surface area (Å²) in [6.45, 7) is 1.78. The Morgan fingerprint density at radius 1 is 1.50 bits per heavy atom. The Morgan fingerprint density at radius 2 is 2.42 bits per heavy atom. The number of carbonyl (C=O) groups is 1. The molecule has 2 N–H and O–H groups in total. The van der Waals surface area contributed by atoms with Crippen LogP contribution in [-0.4, -0.2) is 35.1 Å². The van der Waals surface area contributed by atoms with Gasteiger partial charge in [0.05, 0.1) is 12.3 Å². The summed E-state index contributed by atoms with van der Waals surface area (Å²) in [5.74, 6) is 0.718. The lowest BCUT2D eigenvalue weighted by molar-refractivity contribution is 0.0680. The normalized spacial score (nSPS) is 16.8. The molecule has 1 fully saturated rings. The summed E-state index contributed by atoms with van der Waals surface area (Å²) in [6, 6.07) is 7.08. The molecule has 0 radical (unpaired) electrons. The number of carbonyl (C=O) groups excluding carboxylic acids is 1. The topological polar surface area (TPSA) is 77.4 Å². The maximum Gasteiger partial charge on any atom is 0.319 e. The van der Waals surface area contributed by atoms with Crippen LogP contribution in [0.25, 0.3) is 0 Å². The van der Waals surface area contributed by atoms with Gasteiger partial charge >= 0.3 is 6.03 Å². The highest BCUT2D eigenvalue weighted by molar-refractivity contribution is 5.89. The number of amides is 2. The lowest BCUT2D eigenvalue weighted by Crippen LogP contribution is -2.28. The molecule has 1 aliphatic heterocycles. The average Bonchev–Trinajstić information content (AvgIpc) is 3.23. The van der Waals surface area contributed by atoms with Crippen molar-refractivity contribution in [3.05, 3.63) is 42.2 Å². The molecule has 1 saturated heterocycles. The summed E-state index contributed by atoms with van der Waals surface area (Å²) in [4.78, 5) is 12.0. The monoisotopic (exact) mass is 330 g/mol. The molecule has 0 spiro atoms. The number of hydrogen-bond donors (Lipinski definition) is 2. The molecule has 0 saturated carbocycles. The minimum absolute atomic E-state index is 0.171. The fourth-order valence-corrected chi connectivity index (χ4v) is 2.55. The Hall–Kier alpha value is -2.54. The van der Waals surface area contributed by atoms with Crippen molar-refractivity contribution >= 4 is 11.7 Å². The predicted octanol–water partition coefficient (Wildman–Crippen LogP) is 2.30. The molecular formula is C17H22N4O3. The van der Waals surface area contributed by atoms with E-state index in [0.29, 0.717) is 18.8 Å². The van der Waals surface area contributed by atoms with E-state index in [2.05, 4.69) is 15.7 Å². The van der Waals surface area contributed by atoms with Crippen molar-refractivity contribution in [3.8, 4) is 5.75 Å². The summed E-state index contributed by atoms with van der Waals surface area (Å²) >= 11 is 0. The van der Waals surface area contributed by atoms with Crippen LogP contribution in [0.2, 0.25) is 0 Å². The van der Waals surface area contributed by atoms with Gasteiger partial charge in [-0.05, 0) is 25.0 Å². The molecule has 1 aliphatic rings. The van der Waals surface area contributed by atoms with E-state index in [0.717, 1.165) is 30.8 Å². The lowest BCUT2D eigenvalue weighted by Gasteiger charge is -2.12. The van der Waals surface area contributed by atoms with E-state index in [-0.39, 0.29) is 12.1 Å². The Labute approximate surface area is 140 Å². The maximum atomic E-state index is 12.0. The predicted molar refractivity (Wildman–Crippen MR) is 90.0 cm³/mol. The summed E-state index contributed by atoms with van der Waals surface area (Å²) in [7, 11) is 1.84. The SMILES string of the molecule is Cn1cc(CNC(=O)Nc2cccc(OCC3CCCO3)c2)cn1. The number of aromatic nitrogens is 2. The van der Waals surface area contributed by atoms with E-state index < -0.39 is 0 Å². The van der Waals surface area contributed by atoms with Gasteiger partial charge in [-0.1, -0.05) is 6.07 Å². The van der Waals surface area contributed by atoms with Gasteiger partial charge in [-0.2, -0.15) is 5.10 Å². The number of aryl methyl sites for hydroxylation is 1. The highest BCUT2D eigenvalue weighted by Crippen LogP contribution is 2.19. The van der Waals surface area contributed by atoms with Crippen molar-refractivity contribution in [2.75, 3.05) is 18.5 Å². The van der Waals surface area contributed by atoms with Crippen LogP contribution in [0.15, 0.2) is 36.7 Å². The molecule has 1 aromatic heterocycles. The van der Waals surface area contributed by atoms with Crippen molar-refractivity contribution in [1.82, 2.24) is 15.1 Å². The van der Waals surface area contributed by atoms with Gasteiger partial charge in [-0.3, -0.25) is 4.68 Å². The van der Waals surface area contributed by atoms with Crippen LogP contribution in [-0.2, 0) is 18.3 Å². The summed E-state index contributed by atoms with van der Waals surface area (Å²) in [6.07, 6.45) is 5.88. The van der Waals surface area contributed by atoms with Gasteiger partial charge in [-0.25, -0.2) is 4.79 Å². The smallest absolute Gasteiger partial charge is 0.319 e. The Kier molecular flexibility index (Phi) is 5.32. The minimum atomic E-state index is -0.268. The number of nitrogens with one attached hydrogen (secondary N) is 2. The van der Waals surface area contributed by atoms with Gasteiger partial charge in [0.1, 0.15) is 12.4 Å². The highest BCUT2D eigenvalue weighted by atomic mass is 16.5. The van der Waals surface area contributed by atoms with E-state index in [9.17, 15) is 4.79 Å². The fraction of sp³-hybridized carbons (Fsp3) is 0.412. The molecule has 128 valence electrons. The molecular weight excluding hydrogens is 308 g/mol. The molecule has 2 aromatic rings. The standard InChI is InChI=1S/C17H22N4O3/c1-21-11-13(10-19-21)9-18-17(22)20-14-4-2-5-15(8-14)24-12-16-6-3-7-23-16/h2,4-5,8,10-11,16H,3,6-7,9,12H2,1H3,(H2,18,20,22). The molecule has 7 nitrogen and oxygen atoms in total. The molecule has 0 bridgehead atoms. The van der Waals surface area contributed by atoms with E-state index in [1.807, 2.05) is 31.4 Å². The first-order valence-corrected chi connectivity index (χ1v) is 8.06. The van der Waals surface area contributed by atoms with Crippen LogP contribution >= 0.6 is 0 Å². The molecule has 3 rings (SSSR count). The zero-order valence-corrected chi connectivity index (χ0v) is 13.7. The van der Waals surface area contributed by atoms with Crippen LogP contribution in [0, 0.1) is 0 Å². The second kappa shape index (κ2) is 7.83. The van der Waals surface area contributed by atoms with Crippen molar-refractivity contribution in [3.63, 3.8) is 0 Å². The third kappa shape index (κ3) is 4.73. The molecule has 0 aliphatic carbocycles. The van der Waals surface area contributed by atoms with Gasteiger partial charge < -0.3 is 20.1 Å². The second-order valence-corrected chi connectivity index (χ2v) is 5.80.